The molecule has 1 heterocycles. The average Bonchev–Trinajstić information content (AvgIpc) is 2.55. The topological polar surface area (TPSA) is 82.7 Å². The van der Waals surface area contributed by atoms with Gasteiger partial charge in [-0.2, -0.15) is 0 Å². The van der Waals surface area contributed by atoms with Gasteiger partial charge in [-0.05, 0) is 31.5 Å². The number of carbonyl (C=O) groups excluding carboxylic acids is 2. The number of rotatable bonds is 6. The van der Waals surface area contributed by atoms with Crippen LogP contribution in [-0.4, -0.2) is 62.6 Å². The molecule has 0 aliphatic carbocycles. The van der Waals surface area contributed by atoms with E-state index >= 15 is 0 Å². The minimum absolute atomic E-state index is 0. The molecular weight excluding hydrogens is 344 g/mol. The van der Waals surface area contributed by atoms with Crippen LogP contribution in [-0.2, 0) is 9.59 Å². The van der Waals surface area contributed by atoms with Crippen molar-refractivity contribution in [3.8, 4) is 5.75 Å². The molecule has 1 aromatic carbocycles. The fourth-order valence-corrected chi connectivity index (χ4v) is 2.65. The molecule has 0 bridgehead atoms. The third-order valence-corrected chi connectivity index (χ3v) is 4.06. The molecule has 0 unspecified atom stereocenters. The Kier molecular flexibility index (Phi) is 8.68. The molecule has 0 radical (unpaired) electrons. The van der Waals surface area contributed by atoms with Crippen molar-refractivity contribution in [2.45, 2.75) is 19.9 Å². The van der Waals surface area contributed by atoms with E-state index in [1.807, 2.05) is 19.1 Å². The van der Waals surface area contributed by atoms with Gasteiger partial charge in [-0.25, -0.2) is 0 Å². The number of carbonyl (C=O) groups is 2. The van der Waals surface area contributed by atoms with E-state index in [0.29, 0.717) is 24.0 Å². The van der Waals surface area contributed by atoms with Crippen LogP contribution in [0.15, 0.2) is 18.2 Å². The van der Waals surface area contributed by atoms with Gasteiger partial charge in [0.05, 0.1) is 25.9 Å². The largest absolute Gasteiger partial charge is 0.495 e. The number of aryl methyl sites for hydroxylation is 1. The van der Waals surface area contributed by atoms with Crippen LogP contribution < -0.4 is 20.7 Å². The number of hydrogen-bond donors (Lipinski definition) is 3. The third-order valence-electron chi connectivity index (χ3n) is 4.06. The number of halogens is 1. The molecule has 140 valence electrons. The molecule has 0 spiro atoms. The van der Waals surface area contributed by atoms with Gasteiger partial charge >= 0.3 is 0 Å². The molecule has 1 aliphatic heterocycles. The van der Waals surface area contributed by atoms with Crippen LogP contribution in [0.4, 0.5) is 5.69 Å². The molecule has 1 aliphatic rings. The maximum absolute atomic E-state index is 12.0. The van der Waals surface area contributed by atoms with Crippen molar-refractivity contribution in [1.29, 1.82) is 0 Å². The second-order valence-electron chi connectivity index (χ2n) is 6.05. The van der Waals surface area contributed by atoms with Crippen molar-refractivity contribution in [3.63, 3.8) is 0 Å². The summed E-state index contributed by atoms with van der Waals surface area (Å²) in [6.07, 6.45) is 0. The Labute approximate surface area is 154 Å². The second kappa shape index (κ2) is 10.2. The molecule has 2 rings (SSSR count). The van der Waals surface area contributed by atoms with Crippen LogP contribution >= 0.6 is 12.4 Å². The highest BCUT2D eigenvalue weighted by molar-refractivity contribution is 5.96. The Hall–Kier alpha value is -1.83. The zero-order chi connectivity index (χ0) is 17.5. The number of piperazine rings is 1. The molecule has 2 amide bonds. The zero-order valence-electron chi connectivity index (χ0n) is 14.9. The van der Waals surface area contributed by atoms with Crippen molar-refractivity contribution in [2.75, 3.05) is 45.2 Å². The molecule has 1 aromatic rings. The number of benzene rings is 1. The molecule has 0 saturated carbocycles. The Balaban J connectivity index is 0.00000312. The quantitative estimate of drug-likeness (QED) is 0.689. The van der Waals surface area contributed by atoms with Crippen molar-refractivity contribution < 1.29 is 14.3 Å². The van der Waals surface area contributed by atoms with Gasteiger partial charge in [0.15, 0.2) is 0 Å². The van der Waals surface area contributed by atoms with Gasteiger partial charge in [-0.3, -0.25) is 14.5 Å². The summed E-state index contributed by atoms with van der Waals surface area (Å²) in [5.41, 5.74) is 1.62. The highest BCUT2D eigenvalue weighted by Gasteiger charge is 2.20. The van der Waals surface area contributed by atoms with E-state index in [2.05, 4.69) is 27.8 Å². The lowest BCUT2D eigenvalue weighted by molar-refractivity contribution is -0.125. The number of nitrogens with one attached hydrogen (secondary N) is 3. The van der Waals surface area contributed by atoms with Crippen molar-refractivity contribution >= 4 is 29.9 Å². The van der Waals surface area contributed by atoms with E-state index in [4.69, 9.17) is 4.74 Å². The van der Waals surface area contributed by atoms with E-state index in [1.165, 1.54) is 0 Å². The summed E-state index contributed by atoms with van der Waals surface area (Å²) in [7, 11) is 1.55. The normalized spacial score (nSPS) is 17.3. The Morgan fingerprint density at radius 2 is 2.12 bits per heavy atom. The smallest absolute Gasteiger partial charge is 0.243 e. The van der Waals surface area contributed by atoms with E-state index in [0.717, 1.165) is 25.2 Å². The zero-order valence-corrected chi connectivity index (χ0v) is 15.7. The Morgan fingerprint density at radius 3 is 2.80 bits per heavy atom. The second-order valence-corrected chi connectivity index (χ2v) is 6.05. The molecule has 8 heteroatoms. The van der Waals surface area contributed by atoms with E-state index in [-0.39, 0.29) is 30.8 Å². The summed E-state index contributed by atoms with van der Waals surface area (Å²) >= 11 is 0. The number of amides is 2. The minimum atomic E-state index is -0.277. The first-order valence-electron chi connectivity index (χ1n) is 8.15. The van der Waals surface area contributed by atoms with Gasteiger partial charge in [0.1, 0.15) is 5.75 Å². The summed E-state index contributed by atoms with van der Waals surface area (Å²) < 4.78 is 5.22. The first-order chi connectivity index (χ1) is 11.5. The maximum Gasteiger partial charge on any atom is 0.243 e. The van der Waals surface area contributed by atoms with Crippen molar-refractivity contribution in [3.05, 3.63) is 23.8 Å². The van der Waals surface area contributed by atoms with Crippen LogP contribution in [0, 0.1) is 6.92 Å². The summed E-state index contributed by atoms with van der Waals surface area (Å²) in [4.78, 5) is 26.2. The third kappa shape index (κ3) is 6.53. The van der Waals surface area contributed by atoms with Gasteiger partial charge in [-0.1, -0.05) is 6.07 Å². The number of nitrogens with zero attached hydrogens (tertiary/aromatic N) is 1. The van der Waals surface area contributed by atoms with Gasteiger partial charge < -0.3 is 20.7 Å². The van der Waals surface area contributed by atoms with E-state index in [1.54, 1.807) is 13.2 Å². The monoisotopic (exact) mass is 370 g/mol. The molecular formula is C17H27ClN4O3. The summed E-state index contributed by atoms with van der Waals surface area (Å²) in [6, 6.07) is 5.86. The standard InChI is InChI=1S/C17H26N4O3.ClH/c1-12-4-5-15(24-3)14(8-12)20-16(22)10-19-17(23)11-21-7-6-18-9-13(21)2;/h4-5,8,13,18H,6-7,9-11H2,1-3H3,(H,19,23)(H,20,22);1H/t13-;/m1./s1. The predicted octanol–water partition coefficient (Wildman–Crippen LogP) is 0.774. The number of methoxy groups -OCH3 is 1. The fourth-order valence-electron chi connectivity index (χ4n) is 2.65. The van der Waals surface area contributed by atoms with E-state index < -0.39 is 0 Å². The Morgan fingerprint density at radius 1 is 1.36 bits per heavy atom. The summed E-state index contributed by atoms with van der Waals surface area (Å²) in [5.74, 6) is 0.172. The first kappa shape index (κ1) is 21.2. The lowest BCUT2D eigenvalue weighted by Crippen LogP contribution is -2.53. The first-order valence-corrected chi connectivity index (χ1v) is 8.15. The molecule has 3 N–H and O–H groups in total. The molecule has 1 fully saturated rings. The SMILES string of the molecule is COc1ccc(C)cc1NC(=O)CNC(=O)CN1CCNC[C@H]1C.Cl. The van der Waals surface area contributed by atoms with Crippen LogP contribution in [0.25, 0.3) is 0 Å². The van der Waals surface area contributed by atoms with Gasteiger partial charge in [0.25, 0.3) is 0 Å². The molecule has 1 atom stereocenters. The Bertz CT molecular complexity index is 597. The van der Waals surface area contributed by atoms with Gasteiger partial charge in [-0.15, -0.1) is 12.4 Å². The van der Waals surface area contributed by atoms with Crippen molar-refractivity contribution in [2.24, 2.45) is 0 Å². The molecule has 0 aromatic heterocycles. The van der Waals surface area contributed by atoms with Crippen LogP contribution in [0.3, 0.4) is 0 Å². The van der Waals surface area contributed by atoms with Crippen molar-refractivity contribution in [1.82, 2.24) is 15.5 Å². The highest BCUT2D eigenvalue weighted by Crippen LogP contribution is 2.24. The molecule has 25 heavy (non-hydrogen) atoms. The average molecular weight is 371 g/mol. The van der Waals surface area contributed by atoms with Gasteiger partial charge in [0.2, 0.25) is 11.8 Å². The maximum atomic E-state index is 12.0. The minimum Gasteiger partial charge on any atom is -0.495 e. The highest BCUT2D eigenvalue weighted by atomic mass is 35.5. The predicted molar refractivity (Wildman–Crippen MR) is 101 cm³/mol. The summed E-state index contributed by atoms with van der Waals surface area (Å²) in [6.45, 7) is 6.86. The number of hydrogen-bond acceptors (Lipinski definition) is 5. The van der Waals surface area contributed by atoms with Crippen LogP contribution in [0.1, 0.15) is 12.5 Å². The number of anilines is 1. The lowest BCUT2D eigenvalue weighted by atomic mass is 10.2. The fraction of sp³-hybridized carbons (Fsp3) is 0.529. The summed E-state index contributed by atoms with van der Waals surface area (Å²) in [5, 5.41) is 8.72. The van der Waals surface area contributed by atoms with E-state index in [9.17, 15) is 9.59 Å². The lowest BCUT2D eigenvalue weighted by Gasteiger charge is -2.33. The molecule has 1 saturated heterocycles. The number of ether oxygens (including phenoxy) is 1. The van der Waals surface area contributed by atoms with Crippen LogP contribution in [0.5, 0.6) is 5.75 Å². The van der Waals surface area contributed by atoms with Crippen LogP contribution in [0.2, 0.25) is 0 Å². The molecule has 7 nitrogen and oxygen atoms in total. The van der Waals surface area contributed by atoms with Gasteiger partial charge in [0, 0.05) is 25.7 Å².